The van der Waals surface area contributed by atoms with E-state index in [1.807, 2.05) is 29.0 Å². The van der Waals surface area contributed by atoms with Gasteiger partial charge >= 0.3 is 0 Å². The molecule has 100 valence electrons. The summed E-state index contributed by atoms with van der Waals surface area (Å²) in [6.07, 6.45) is 2.22. The number of likely N-dealkylation sites (N-methyl/N-ethyl adjacent to an activating group) is 1. The third kappa shape index (κ3) is 3.27. The lowest BCUT2D eigenvalue weighted by Crippen LogP contribution is -2.37. The Bertz CT molecular complexity index is 518. The van der Waals surface area contributed by atoms with Crippen LogP contribution in [0.3, 0.4) is 0 Å². The molecule has 0 radical (unpaired) electrons. The quantitative estimate of drug-likeness (QED) is 0.858. The summed E-state index contributed by atoms with van der Waals surface area (Å²) >= 11 is 3.36. The minimum atomic E-state index is 0.167. The molecule has 1 aliphatic rings. The average Bonchev–Trinajstić information content (AvgIpc) is 2.92. The Morgan fingerprint density at radius 1 is 1.47 bits per heavy atom. The molecule has 0 aromatic heterocycles. The van der Waals surface area contributed by atoms with Crippen molar-refractivity contribution in [3.05, 3.63) is 28.2 Å². The summed E-state index contributed by atoms with van der Waals surface area (Å²) in [7, 11) is 1.89. The second kappa shape index (κ2) is 6.07. The van der Waals surface area contributed by atoms with Gasteiger partial charge in [-0.3, -0.25) is 4.79 Å². The lowest BCUT2D eigenvalue weighted by molar-refractivity contribution is -0.128. The molecular formula is C14H16BrN3O. The number of amides is 1. The number of benzene rings is 1. The summed E-state index contributed by atoms with van der Waals surface area (Å²) in [5.74, 6) is 0.167. The normalized spacial score (nSPS) is 14.3. The first-order valence-electron chi connectivity index (χ1n) is 6.30. The van der Waals surface area contributed by atoms with E-state index >= 15 is 0 Å². The Labute approximate surface area is 121 Å². The predicted octanol–water partition coefficient (Wildman–Crippen LogP) is 2.38. The molecule has 1 amide bonds. The number of carbonyl (C=O) groups is 1. The zero-order valence-corrected chi connectivity index (χ0v) is 12.5. The molecule has 0 spiro atoms. The van der Waals surface area contributed by atoms with Crippen LogP contribution >= 0.6 is 15.9 Å². The summed E-state index contributed by atoms with van der Waals surface area (Å²) < 4.78 is 0.757. The number of hydrogen-bond acceptors (Lipinski definition) is 3. The van der Waals surface area contributed by atoms with Crippen molar-refractivity contribution in [2.75, 3.05) is 31.6 Å². The second-order valence-corrected chi connectivity index (χ2v) is 5.57. The summed E-state index contributed by atoms with van der Waals surface area (Å²) in [4.78, 5) is 15.9. The Morgan fingerprint density at radius 3 is 2.74 bits per heavy atom. The molecule has 0 bridgehead atoms. The molecule has 0 atom stereocenters. The number of carbonyl (C=O) groups excluding carboxylic acids is 1. The van der Waals surface area contributed by atoms with Gasteiger partial charge in [0.15, 0.2) is 0 Å². The molecule has 1 saturated heterocycles. The van der Waals surface area contributed by atoms with Crippen LogP contribution in [0.2, 0.25) is 0 Å². The Balaban J connectivity index is 2.03. The Hall–Kier alpha value is -1.54. The number of halogens is 1. The highest BCUT2D eigenvalue weighted by Gasteiger charge is 2.19. The summed E-state index contributed by atoms with van der Waals surface area (Å²) in [5.41, 5.74) is 1.53. The number of anilines is 1. The SMILES string of the molecule is CN(CC(=O)N1CCCC1)c1ccc(C#N)c(Br)c1. The van der Waals surface area contributed by atoms with E-state index < -0.39 is 0 Å². The van der Waals surface area contributed by atoms with E-state index in [0.717, 1.165) is 36.1 Å². The Morgan fingerprint density at radius 2 is 2.16 bits per heavy atom. The number of rotatable bonds is 3. The first kappa shape index (κ1) is 13.9. The number of hydrogen-bond donors (Lipinski definition) is 0. The standard InChI is InChI=1S/C14H16BrN3O/c1-17(10-14(19)18-6-2-3-7-18)12-5-4-11(9-16)13(15)8-12/h4-5,8H,2-3,6-7,10H2,1H3. The summed E-state index contributed by atoms with van der Waals surface area (Å²) in [6, 6.07) is 7.60. The monoisotopic (exact) mass is 321 g/mol. The van der Waals surface area contributed by atoms with Gasteiger partial charge in [-0.05, 0) is 47.0 Å². The van der Waals surface area contributed by atoms with Crippen LogP contribution in [0.25, 0.3) is 0 Å². The highest BCUT2D eigenvalue weighted by Crippen LogP contribution is 2.23. The highest BCUT2D eigenvalue weighted by atomic mass is 79.9. The first-order chi connectivity index (χ1) is 9.11. The number of nitriles is 1. The van der Waals surface area contributed by atoms with Gasteiger partial charge in [-0.25, -0.2) is 0 Å². The van der Waals surface area contributed by atoms with Crippen LogP contribution in [-0.2, 0) is 4.79 Å². The largest absolute Gasteiger partial charge is 0.365 e. The van der Waals surface area contributed by atoms with Crippen molar-refractivity contribution in [2.45, 2.75) is 12.8 Å². The van der Waals surface area contributed by atoms with E-state index in [1.54, 1.807) is 6.07 Å². The fraction of sp³-hybridized carbons (Fsp3) is 0.429. The smallest absolute Gasteiger partial charge is 0.242 e. The molecular weight excluding hydrogens is 306 g/mol. The predicted molar refractivity (Wildman–Crippen MR) is 77.9 cm³/mol. The minimum Gasteiger partial charge on any atom is -0.365 e. The zero-order chi connectivity index (χ0) is 13.8. The average molecular weight is 322 g/mol. The fourth-order valence-electron chi connectivity index (χ4n) is 2.19. The topological polar surface area (TPSA) is 47.3 Å². The lowest BCUT2D eigenvalue weighted by atomic mass is 10.2. The van der Waals surface area contributed by atoms with Crippen molar-refractivity contribution in [1.82, 2.24) is 4.90 Å². The molecule has 19 heavy (non-hydrogen) atoms. The summed E-state index contributed by atoms with van der Waals surface area (Å²) in [6.45, 7) is 2.13. The van der Waals surface area contributed by atoms with Crippen LogP contribution < -0.4 is 4.90 Å². The molecule has 1 aliphatic heterocycles. The Kier molecular flexibility index (Phi) is 4.43. The van der Waals surface area contributed by atoms with Gasteiger partial charge in [0.2, 0.25) is 5.91 Å². The van der Waals surface area contributed by atoms with Crippen molar-refractivity contribution in [3.63, 3.8) is 0 Å². The van der Waals surface area contributed by atoms with Crippen molar-refractivity contribution >= 4 is 27.5 Å². The van der Waals surface area contributed by atoms with Crippen molar-refractivity contribution in [1.29, 1.82) is 5.26 Å². The zero-order valence-electron chi connectivity index (χ0n) is 10.9. The van der Waals surface area contributed by atoms with Crippen molar-refractivity contribution in [2.24, 2.45) is 0 Å². The first-order valence-corrected chi connectivity index (χ1v) is 7.09. The number of likely N-dealkylation sites (tertiary alicyclic amines) is 1. The van der Waals surface area contributed by atoms with Crippen LogP contribution in [0.5, 0.6) is 0 Å². The molecule has 5 heteroatoms. The lowest BCUT2D eigenvalue weighted by Gasteiger charge is -2.23. The van der Waals surface area contributed by atoms with E-state index in [9.17, 15) is 4.79 Å². The minimum absolute atomic E-state index is 0.167. The molecule has 4 nitrogen and oxygen atoms in total. The maximum absolute atomic E-state index is 12.1. The molecule has 1 heterocycles. The molecule has 0 saturated carbocycles. The van der Waals surface area contributed by atoms with Gasteiger partial charge < -0.3 is 9.80 Å². The third-order valence-electron chi connectivity index (χ3n) is 3.35. The van der Waals surface area contributed by atoms with Gasteiger partial charge in [-0.15, -0.1) is 0 Å². The molecule has 2 rings (SSSR count). The van der Waals surface area contributed by atoms with Gasteiger partial charge in [0, 0.05) is 30.3 Å². The number of nitrogens with zero attached hydrogens (tertiary/aromatic N) is 3. The maximum Gasteiger partial charge on any atom is 0.242 e. The van der Waals surface area contributed by atoms with Gasteiger partial charge in [-0.1, -0.05) is 0 Å². The second-order valence-electron chi connectivity index (χ2n) is 4.72. The molecule has 0 aliphatic carbocycles. The molecule has 1 aromatic rings. The van der Waals surface area contributed by atoms with E-state index in [2.05, 4.69) is 22.0 Å². The van der Waals surface area contributed by atoms with Gasteiger partial charge in [0.25, 0.3) is 0 Å². The van der Waals surface area contributed by atoms with E-state index in [0.29, 0.717) is 12.1 Å². The van der Waals surface area contributed by atoms with Crippen LogP contribution in [0.4, 0.5) is 5.69 Å². The van der Waals surface area contributed by atoms with Crippen molar-refractivity contribution < 1.29 is 4.79 Å². The van der Waals surface area contributed by atoms with Gasteiger partial charge in [0.05, 0.1) is 12.1 Å². The van der Waals surface area contributed by atoms with Crippen LogP contribution in [0, 0.1) is 11.3 Å². The van der Waals surface area contributed by atoms with Gasteiger partial charge in [0.1, 0.15) is 6.07 Å². The van der Waals surface area contributed by atoms with E-state index in [1.165, 1.54) is 0 Å². The molecule has 1 fully saturated rings. The third-order valence-corrected chi connectivity index (χ3v) is 4.00. The maximum atomic E-state index is 12.1. The van der Waals surface area contributed by atoms with Gasteiger partial charge in [-0.2, -0.15) is 5.26 Å². The van der Waals surface area contributed by atoms with Crippen molar-refractivity contribution in [3.8, 4) is 6.07 Å². The van der Waals surface area contributed by atoms with Crippen LogP contribution in [-0.4, -0.2) is 37.5 Å². The van der Waals surface area contributed by atoms with Crippen LogP contribution in [0.15, 0.2) is 22.7 Å². The summed E-state index contributed by atoms with van der Waals surface area (Å²) in [5, 5.41) is 8.88. The molecule has 1 aromatic carbocycles. The molecule has 0 unspecified atom stereocenters. The molecule has 0 N–H and O–H groups in total. The van der Waals surface area contributed by atoms with E-state index in [4.69, 9.17) is 5.26 Å². The highest BCUT2D eigenvalue weighted by molar-refractivity contribution is 9.10. The van der Waals surface area contributed by atoms with E-state index in [-0.39, 0.29) is 5.91 Å². The fourth-order valence-corrected chi connectivity index (χ4v) is 2.65. The van der Waals surface area contributed by atoms with Crippen LogP contribution in [0.1, 0.15) is 18.4 Å².